The van der Waals surface area contributed by atoms with E-state index in [1.165, 1.54) is 6.07 Å². The van der Waals surface area contributed by atoms with Crippen LogP contribution in [0.5, 0.6) is 0 Å². The van der Waals surface area contributed by atoms with Crippen molar-refractivity contribution in [2.24, 2.45) is 0 Å². The van der Waals surface area contributed by atoms with E-state index < -0.39 is 5.97 Å². The van der Waals surface area contributed by atoms with Gasteiger partial charge in [-0.1, -0.05) is 12.1 Å². The minimum absolute atomic E-state index is 0.0243. The van der Waals surface area contributed by atoms with Crippen LogP contribution in [-0.2, 0) is 0 Å². The van der Waals surface area contributed by atoms with E-state index in [0.717, 1.165) is 0 Å². The molecule has 1 aromatic rings. The second kappa shape index (κ2) is 7.09. The molecule has 0 aromatic heterocycles. The summed E-state index contributed by atoms with van der Waals surface area (Å²) in [6.45, 7) is 7.75. The summed E-state index contributed by atoms with van der Waals surface area (Å²) in [5.74, 6) is -1.10. The molecule has 0 atom stereocenters. The number of rotatable bonds is 5. The van der Waals surface area contributed by atoms with Crippen molar-refractivity contribution in [2.75, 3.05) is 11.9 Å². The summed E-state index contributed by atoms with van der Waals surface area (Å²) in [4.78, 5) is 25.0. The zero-order valence-corrected chi connectivity index (χ0v) is 13.0. The molecule has 0 spiro atoms. The van der Waals surface area contributed by atoms with Crippen LogP contribution >= 0.6 is 15.9 Å². The van der Waals surface area contributed by atoms with Crippen molar-refractivity contribution in [1.29, 1.82) is 0 Å². The second-order valence-corrected chi connectivity index (χ2v) is 5.29. The molecule has 20 heavy (non-hydrogen) atoms. The van der Waals surface area contributed by atoms with Gasteiger partial charge in [0.2, 0.25) is 0 Å². The summed E-state index contributed by atoms with van der Waals surface area (Å²) in [6, 6.07) is 4.33. The highest BCUT2D eigenvalue weighted by molar-refractivity contribution is 9.10. The van der Waals surface area contributed by atoms with Crippen LogP contribution in [0.2, 0.25) is 0 Å². The van der Waals surface area contributed by atoms with Gasteiger partial charge in [-0.15, -0.1) is 6.58 Å². The second-order valence-electron chi connectivity index (χ2n) is 4.43. The summed E-state index contributed by atoms with van der Waals surface area (Å²) >= 11 is 3.25. The largest absolute Gasteiger partial charge is 0.478 e. The molecule has 0 aliphatic heterocycles. The summed E-state index contributed by atoms with van der Waals surface area (Å²) in [5.41, 5.74) is 0.287. The van der Waals surface area contributed by atoms with Gasteiger partial charge in [0.25, 0.3) is 0 Å². The van der Waals surface area contributed by atoms with Gasteiger partial charge in [0.15, 0.2) is 0 Å². The molecule has 0 saturated heterocycles. The fraction of sp³-hybridized carbons (Fsp3) is 0.286. The Morgan fingerprint density at radius 1 is 1.50 bits per heavy atom. The van der Waals surface area contributed by atoms with E-state index in [9.17, 15) is 9.59 Å². The van der Waals surface area contributed by atoms with E-state index in [0.29, 0.717) is 11.0 Å². The number of carbonyl (C=O) groups excluding carboxylic acids is 1. The number of anilines is 1. The van der Waals surface area contributed by atoms with Gasteiger partial charge in [0.1, 0.15) is 0 Å². The topological polar surface area (TPSA) is 69.6 Å². The van der Waals surface area contributed by atoms with Crippen LogP contribution < -0.4 is 5.32 Å². The summed E-state index contributed by atoms with van der Waals surface area (Å²) in [6.07, 6.45) is 1.62. The van der Waals surface area contributed by atoms with Gasteiger partial charge in [-0.25, -0.2) is 9.59 Å². The van der Waals surface area contributed by atoms with E-state index in [2.05, 4.69) is 27.8 Å². The lowest BCUT2D eigenvalue weighted by molar-refractivity contribution is 0.0698. The molecular formula is C14H17BrN2O3. The highest BCUT2D eigenvalue weighted by atomic mass is 79.9. The van der Waals surface area contributed by atoms with Crippen molar-refractivity contribution >= 4 is 33.6 Å². The van der Waals surface area contributed by atoms with Crippen LogP contribution in [-0.4, -0.2) is 34.6 Å². The number of hydrogen-bond donors (Lipinski definition) is 2. The Bertz CT molecular complexity index is 529. The maximum atomic E-state index is 12.2. The Morgan fingerprint density at radius 2 is 2.15 bits per heavy atom. The molecular weight excluding hydrogens is 324 g/mol. The van der Waals surface area contributed by atoms with Crippen LogP contribution in [0.4, 0.5) is 10.5 Å². The average Bonchev–Trinajstić information content (AvgIpc) is 2.37. The minimum atomic E-state index is -1.10. The zero-order valence-electron chi connectivity index (χ0n) is 11.4. The lowest BCUT2D eigenvalue weighted by atomic mass is 10.2. The van der Waals surface area contributed by atoms with E-state index in [1.54, 1.807) is 23.1 Å². The maximum absolute atomic E-state index is 12.2. The quantitative estimate of drug-likeness (QED) is 0.805. The van der Waals surface area contributed by atoms with Gasteiger partial charge in [-0.3, -0.25) is 0 Å². The molecule has 0 aliphatic carbocycles. The Labute approximate surface area is 126 Å². The Kier molecular flexibility index (Phi) is 5.76. The Balaban J connectivity index is 3.06. The van der Waals surface area contributed by atoms with Crippen LogP contribution in [0.15, 0.2) is 35.3 Å². The highest BCUT2D eigenvalue weighted by Gasteiger charge is 2.20. The molecule has 0 unspecified atom stereocenters. The number of carbonyl (C=O) groups is 2. The number of aromatic carboxylic acids is 1. The molecule has 0 heterocycles. The Morgan fingerprint density at radius 3 is 2.65 bits per heavy atom. The number of nitrogens with zero attached hydrogens (tertiary/aromatic N) is 1. The molecule has 5 nitrogen and oxygen atoms in total. The zero-order chi connectivity index (χ0) is 15.3. The third-order valence-corrected chi connectivity index (χ3v) is 3.35. The molecule has 0 aliphatic rings. The summed E-state index contributed by atoms with van der Waals surface area (Å²) < 4.78 is 0.521. The van der Waals surface area contributed by atoms with Crippen LogP contribution in [0, 0.1) is 0 Å². The van der Waals surface area contributed by atoms with Crippen molar-refractivity contribution < 1.29 is 14.7 Å². The third-order valence-electron chi connectivity index (χ3n) is 2.69. The van der Waals surface area contributed by atoms with Crippen LogP contribution in [0.1, 0.15) is 24.2 Å². The van der Waals surface area contributed by atoms with Crippen molar-refractivity contribution in [3.63, 3.8) is 0 Å². The number of amides is 2. The fourth-order valence-electron chi connectivity index (χ4n) is 1.68. The first-order valence-corrected chi connectivity index (χ1v) is 6.88. The van der Waals surface area contributed by atoms with Crippen LogP contribution in [0.3, 0.4) is 0 Å². The molecule has 0 bridgehead atoms. The number of halogens is 1. The molecule has 0 radical (unpaired) electrons. The lowest BCUT2D eigenvalue weighted by Crippen LogP contribution is -2.40. The van der Waals surface area contributed by atoms with E-state index in [4.69, 9.17) is 5.11 Å². The van der Waals surface area contributed by atoms with Crippen molar-refractivity contribution in [3.8, 4) is 0 Å². The molecule has 2 amide bonds. The highest BCUT2D eigenvalue weighted by Crippen LogP contribution is 2.27. The van der Waals surface area contributed by atoms with Crippen LogP contribution in [0.25, 0.3) is 0 Å². The van der Waals surface area contributed by atoms with Gasteiger partial charge in [0, 0.05) is 17.1 Å². The predicted octanol–water partition coefficient (Wildman–Crippen LogP) is 3.58. The van der Waals surface area contributed by atoms with E-state index in [-0.39, 0.29) is 23.3 Å². The van der Waals surface area contributed by atoms with E-state index in [1.807, 2.05) is 13.8 Å². The number of hydrogen-bond acceptors (Lipinski definition) is 2. The number of para-hydroxylation sites is 1. The van der Waals surface area contributed by atoms with Crippen molar-refractivity contribution in [1.82, 2.24) is 4.90 Å². The molecule has 1 rings (SSSR count). The normalized spacial score (nSPS) is 10.2. The monoisotopic (exact) mass is 340 g/mol. The average molecular weight is 341 g/mol. The lowest BCUT2D eigenvalue weighted by Gasteiger charge is -2.26. The van der Waals surface area contributed by atoms with Gasteiger partial charge in [-0.05, 0) is 41.9 Å². The predicted molar refractivity (Wildman–Crippen MR) is 82.2 cm³/mol. The summed E-state index contributed by atoms with van der Waals surface area (Å²) in [7, 11) is 0. The smallest absolute Gasteiger partial charge is 0.337 e. The van der Waals surface area contributed by atoms with Crippen molar-refractivity contribution in [2.45, 2.75) is 19.9 Å². The first kappa shape index (κ1) is 16.2. The first-order chi connectivity index (χ1) is 9.38. The molecule has 2 N–H and O–H groups in total. The summed E-state index contributed by atoms with van der Waals surface area (Å²) in [5, 5.41) is 11.8. The van der Waals surface area contributed by atoms with Gasteiger partial charge < -0.3 is 15.3 Å². The number of nitrogens with one attached hydrogen (secondary N) is 1. The number of carboxylic acid groups (broad SMARTS) is 1. The van der Waals surface area contributed by atoms with Crippen molar-refractivity contribution in [3.05, 3.63) is 40.9 Å². The first-order valence-electron chi connectivity index (χ1n) is 6.08. The molecule has 6 heteroatoms. The minimum Gasteiger partial charge on any atom is -0.478 e. The van der Waals surface area contributed by atoms with Gasteiger partial charge in [-0.2, -0.15) is 0 Å². The van der Waals surface area contributed by atoms with Gasteiger partial charge >= 0.3 is 12.0 Å². The Hall–Kier alpha value is -1.82. The molecule has 0 fully saturated rings. The SMILES string of the molecule is C=CCN(C(=O)Nc1c(Br)cccc1C(=O)O)C(C)C. The molecule has 0 saturated carbocycles. The number of carboxylic acids is 1. The number of benzene rings is 1. The number of urea groups is 1. The maximum Gasteiger partial charge on any atom is 0.337 e. The van der Waals surface area contributed by atoms with Gasteiger partial charge in [0.05, 0.1) is 11.3 Å². The fourth-order valence-corrected chi connectivity index (χ4v) is 2.14. The molecule has 108 valence electrons. The van der Waals surface area contributed by atoms with E-state index >= 15 is 0 Å². The molecule has 1 aromatic carbocycles. The third kappa shape index (κ3) is 3.84. The standard InChI is InChI=1S/C14H17BrN2O3/c1-4-8-17(9(2)3)14(20)16-12-10(13(18)19)6-5-7-11(12)15/h4-7,9H,1,8H2,2-3H3,(H,16,20)(H,18,19).